The highest BCUT2D eigenvalue weighted by Gasteiger charge is 2.73. The van der Waals surface area contributed by atoms with Gasteiger partial charge in [-0.25, -0.2) is 4.39 Å². The third-order valence-corrected chi connectivity index (χ3v) is 4.63. The smallest absolute Gasteiger partial charge is 0.355 e. The van der Waals surface area contributed by atoms with Gasteiger partial charge in [0.2, 0.25) is 0 Å². The number of aliphatic imine (C=N–C) groups is 1. The van der Waals surface area contributed by atoms with Gasteiger partial charge in [-0.3, -0.25) is 9.79 Å². The minimum atomic E-state index is -6.63. The molecular weight excluding hydrogens is 531 g/mol. The molecule has 0 spiro atoms. The van der Waals surface area contributed by atoms with Crippen molar-refractivity contribution in [2.75, 3.05) is 5.32 Å². The summed E-state index contributed by atoms with van der Waals surface area (Å²) >= 11 is 0. The summed E-state index contributed by atoms with van der Waals surface area (Å²) in [5.74, 6) is 0. The largest absolute Gasteiger partial charge is 0.435 e. The number of rotatable bonds is 9. The van der Waals surface area contributed by atoms with E-state index < -0.39 is 70.1 Å². The van der Waals surface area contributed by atoms with Crippen molar-refractivity contribution in [1.82, 2.24) is 5.32 Å². The Kier molecular flexibility index (Phi) is 9.13. The predicted molar refractivity (Wildman–Crippen MR) is 114 cm³/mol. The zero-order valence-electron chi connectivity index (χ0n) is 18.9. The molecule has 0 aliphatic rings. The molecule has 0 radical (unpaired) electrons. The zero-order valence-corrected chi connectivity index (χ0v) is 18.9. The first-order valence-corrected chi connectivity index (χ1v) is 9.59. The molecule has 0 bridgehead atoms. The van der Waals surface area contributed by atoms with Gasteiger partial charge in [-0.1, -0.05) is 19.2 Å². The lowest BCUT2D eigenvalue weighted by Crippen LogP contribution is -2.50. The molecule has 37 heavy (non-hydrogen) atoms. The summed E-state index contributed by atoms with van der Waals surface area (Å²) in [5, 5.41) is 4.34. The van der Waals surface area contributed by atoms with Crippen LogP contribution in [0, 0.1) is 6.92 Å². The van der Waals surface area contributed by atoms with E-state index in [4.69, 9.17) is 0 Å². The highest BCUT2D eigenvalue weighted by Crippen LogP contribution is 2.54. The minimum Gasteiger partial charge on any atom is -0.355 e. The van der Waals surface area contributed by atoms with Crippen molar-refractivity contribution < 1.29 is 53.1 Å². The fourth-order valence-corrected chi connectivity index (χ4v) is 2.94. The van der Waals surface area contributed by atoms with E-state index in [-0.39, 0.29) is 17.3 Å². The number of nitrogens with zero attached hydrogens (tertiary/aromatic N) is 1. The number of benzene rings is 1. The highest BCUT2D eigenvalue weighted by atomic mass is 19.4. The molecule has 15 heteroatoms. The maximum Gasteiger partial charge on any atom is 0.435 e. The fourth-order valence-electron chi connectivity index (χ4n) is 2.94. The molecule has 2 N–H and O–H groups in total. The second-order valence-electron chi connectivity index (χ2n) is 7.44. The van der Waals surface area contributed by atoms with Crippen LogP contribution in [0.1, 0.15) is 23.6 Å². The van der Waals surface area contributed by atoms with Gasteiger partial charge in [0, 0.05) is 28.7 Å². The highest BCUT2D eigenvalue weighted by molar-refractivity contribution is 5.86. The Hall–Kier alpha value is -3.65. The maximum absolute atomic E-state index is 14.5. The molecule has 4 nitrogen and oxygen atoms in total. The number of alkyl halides is 10. The lowest BCUT2D eigenvalue weighted by molar-refractivity contribution is -0.348. The summed E-state index contributed by atoms with van der Waals surface area (Å²) in [7, 11) is 0. The van der Waals surface area contributed by atoms with Crippen molar-refractivity contribution in [3.05, 3.63) is 76.9 Å². The molecule has 1 rings (SSSR count). The van der Waals surface area contributed by atoms with Gasteiger partial charge in [0.15, 0.2) is 0 Å². The molecule has 0 heterocycles. The molecule has 0 aliphatic heterocycles. The first-order valence-electron chi connectivity index (χ1n) is 9.59. The Bertz CT molecular complexity index is 1140. The summed E-state index contributed by atoms with van der Waals surface area (Å²) < 4.78 is 147. The average Bonchev–Trinajstić information content (AvgIpc) is 2.71. The molecule has 1 aromatic rings. The predicted octanol–water partition coefficient (Wildman–Crippen LogP) is 7.32. The van der Waals surface area contributed by atoms with E-state index in [1.807, 2.05) is 0 Å². The van der Waals surface area contributed by atoms with Crippen molar-refractivity contribution in [2.45, 2.75) is 38.0 Å². The van der Waals surface area contributed by atoms with Gasteiger partial charge in [0.1, 0.15) is 5.70 Å². The maximum atomic E-state index is 14.5. The lowest BCUT2D eigenvalue weighted by atomic mass is 9.89. The van der Waals surface area contributed by atoms with Gasteiger partial charge >= 0.3 is 30.2 Å². The number of nitrogens with one attached hydrogen (secondary N) is 2. The number of anilines is 1. The van der Waals surface area contributed by atoms with Gasteiger partial charge < -0.3 is 10.6 Å². The standard InChI is InChI=1S/C22H18F11N3O/c1-10-6-15(19(24,21(28,29)30)22(31,32)33)8-16(20(25,26)27)17(10)36-12(3)14(9-34-5)7-11(2)35-13(4)18(23)37/h6-9,35-36H,3-5H2,1-2H3/b11-7+,14-9+. The van der Waals surface area contributed by atoms with E-state index in [0.29, 0.717) is 0 Å². The van der Waals surface area contributed by atoms with Crippen LogP contribution in [-0.2, 0) is 16.6 Å². The van der Waals surface area contributed by atoms with Crippen LogP contribution in [0.25, 0.3) is 0 Å². The van der Waals surface area contributed by atoms with Crippen LogP contribution >= 0.6 is 0 Å². The summed E-state index contributed by atoms with van der Waals surface area (Å²) in [6, 6.07) is -2.55. The zero-order chi connectivity index (χ0) is 29.1. The number of carbonyl (C=O) groups is 1. The Balaban J connectivity index is 3.69. The van der Waals surface area contributed by atoms with Gasteiger partial charge in [0.25, 0.3) is 0 Å². The van der Waals surface area contributed by atoms with Gasteiger partial charge in [0.05, 0.1) is 11.3 Å². The van der Waals surface area contributed by atoms with Crippen LogP contribution in [0.4, 0.5) is 54.0 Å². The fraction of sp³-hybridized carbons (Fsp3) is 0.273. The molecule has 0 fully saturated rings. The van der Waals surface area contributed by atoms with Gasteiger partial charge in [-0.15, -0.1) is 0 Å². The third kappa shape index (κ3) is 6.98. The number of carbonyl (C=O) groups excluding carboxylic acids is 1. The SMILES string of the molecule is C=N/C=C(\C=C(/C)NC(=C)C(=O)F)C(=C)Nc1c(C)cc(C(F)(C(F)(F)F)C(F)(F)F)cc1C(F)(F)F. The Labute approximate surface area is 202 Å². The molecule has 1 aromatic carbocycles. The van der Waals surface area contributed by atoms with Crippen molar-refractivity contribution >= 4 is 18.4 Å². The Morgan fingerprint density at radius 1 is 0.946 bits per heavy atom. The molecule has 0 amide bonds. The Morgan fingerprint density at radius 2 is 1.46 bits per heavy atom. The third-order valence-electron chi connectivity index (χ3n) is 4.63. The lowest BCUT2D eigenvalue weighted by Gasteiger charge is -2.31. The van der Waals surface area contributed by atoms with Crippen LogP contribution < -0.4 is 10.6 Å². The van der Waals surface area contributed by atoms with Crippen LogP contribution in [0.2, 0.25) is 0 Å². The molecule has 0 saturated carbocycles. The minimum absolute atomic E-state index is 0.00506. The summed E-state index contributed by atoms with van der Waals surface area (Å²) in [4.78, 5) is 14.0. The van der Waals surface area contributed by atoms with Crippen LogP contribution in [0.3, 0.4) is 0 Å². The van der Waals surface area contributed by atoms with E-state index >= 15 is 0 Å². The molecule has 0 aromatic heterocycles. The molecule has 204 valence electrons. The van der Waals surface area contributed by atoms with Crippen molar-refractivity contribution in [2.24, 2.45) is 4.99 Å². The van der Waals surface area contributed by atoms with Crippen molar-refractivity contribution in [3.8, 4) is 0 Å². The second-order valence-corrected chi connectivity index (χ2v) is 7.44. The first kappa shape index (κ1) is 31.4. The van der Waals surface area contributed by atoms with E-state index in [1.54, 1.807) is 0 Å². The molecule has 0 unspecified atom stereocenters. The first-order chi connectivity index (χ1) is 16.6. The van der Waals surface area contributed by atoms with Gasteiger partial charge in [-0.2, -0.15) is 43.9 Å². The van der Waals surface area contributed by atoms with E-state index in [9.17, 15) is 53.1 Å². The van der Waals surface area contributed by atoms with Crippen LogP contribution in [-0.4, -0.2) is 25.1 Å². The topological polar surface area (TPSA) is 53.5 Å². The number of aryl methyl sites for hydroxylation is 1. The number of halogens is 11. The van der Waals surface area contributed by atoms with E-state index in [2.05, 4.69) is 35.5 Å². The molecular formula is C22H18F11N3O. The second kappa shape index (κ2) is 10.8. The van der Waals surface area contributed by atoms with Crippen LogP contribution in [0.5, 0.6) is 0 Å². The average molecular weight is 549 g/mol. The normalized spacial score (nSPS) is 13.8. The number of allylic oxidation sites excluding steroid dienone is 3. The quantitative estimate of drug-likeness (QED) is 0.112. The number of hydrogen-bond donors (Lipinski definition) is 2. The van der Waals surface area contributed by atoms with Crippen molar-refractivity contribution in [1.29, 1.82) is 0 Å². The monoisotopic (exact) mass is 549 g/mol. The van der Waals surface area contributed by atoms with E-state index in [0.717, 1.165) is 19.2 Å². The van der Waals surface area contributed by atoms with Gasteiger partial charge in [-0.05, 0) is 38.3 Å². The summed E-state index contributed by atoms with van der Waals surface area (Å²) in [6.07, 6.45) is -16.8. The molecule has 0 aliphatic carbocycles. The Morgan fingerprint density at radius 3 is 1.86 bits per heavy atom. The summed E-state index contributed by atoms with van der Waals surface area (Å²) in [5.41, 5.74) is -13.7. The van der Waals surface area contributed by atoms with Crippen LogP contribution in [0.15, 0.2) is 65.2 Å². The summed E-state index contributed by atoms with van der Waals surface area (Å²) in [6.45, 7) is 11.7. The molecule has 0 saturated heterocycles. The van der Waals surface area contributed by atoms with E-state index in [1.165, 1.54) is 6.92 Å². The number of hydrogen-bond acceptors (Lipinski definition) is 4. The molecule has 0 atom stereocenters. The van der Waals surface area contributed by atoms with Crippen molar-refractivity contribution in [3.63, 3.8) is 0 Å².